The Morgan fingerprint density at radius 3 is 2.76 bits per heavy atom. The Morgan fingerprint density at radius 2 is 2.00 bits per heavy atom. The number of nitrogens with zero attached hydrogens (tertiary/aromatic N) is 1. The van der Waals surface area contributed by atoms with E-state index < -0.39 is 0 Å². The van der Waals surface area contributed by atoms with Crippen molar-refractivity contribution in [3.8, 4) is 11.8 Å². The van der Waals surface area contributed by atoms with Crippen molar-refractivity contribution in [2.24, 2.45) is 11.8 Å². The van der Waals surface area contributed by atoms with Gasteiger partial charge in [-0.15, -0.1) is 0 Å². The molecule has 2 N–H and O–H groups in total. The van der Waals surface area contributed by atoms with Gasteiger partial charge in [0.25, 0.3) is 0 Å². The van der Waals surface area contributed by atoms with Gasteiger partial charge in [-0.05, 0) is 29.5 Å². The maximum absolute atomic E-state index is 11.4. The highest BCUT2D eigenvalue weighted by molar-refractivity contribution is 5.77. The average molecular weight is 284 g/mol. The van der Waals surface area contributed by atoms with Crippen molar-refractivity contribution >= 4 is 5.91 Å². The Bertz CT molecular complexity index is 571. The van der Waals surface area contributed by atoms with E-state index in [0.717, 1.165) is 31.7 Å². The summed E-state index contributed by atoms with van der Waals surface area (Å²) in [6.07, 6.45) is 0.677. The summed E-state index contributed by atoms with van der Waals surface area (Å²) in [5, 5.41) is 11.6. The van der Waals surface area contributed by atoms with E-state index >= 15 is 0 Å². The van der Waals surface area contributed by atoms with Gasteiger partial charge in [0.2, 0.25) is 5.91 Å². The van der Waals surface area contributed by atoms with E-state index in [2.05, 4.69) is 34.2 Å². The molecule has 2 saturated heterocycles. The fourth-order valence-electron chi connectivity index (χ4n) is 3.28. The van der Waals surface area contributed by atoms with Crippen molar-refractivity contribution in [1.29, 1.82) is 0 Å². The SMILES string of the molecule is O=C1C[C@@H]2CN(Cc3ccc(C#CCO)cc3)C[C@@H]2CN1. The van der Waals surface area contributed by atoms with Crippen LogP contribution in [0.1, 0.15) is 17.5 Å². The van der Waals surface area contributed by atoms with Crippen LogP contribution in [0.15, 0.2) is 24.3 Å². The van der Waals surface area contributed by atoms with Crippen molar-refractivity contribution in [2.75, 3.05) is 26.2 Å². The van der Waals surface area contributed by atoms with Crippen LogP contribution in [0.4, 0.5) is 0 Å². The fourth-order valence-corrected chi connectivity index (χ4v) is 3.28. The molecule has 2 heterocycles. The van der Waals surface area contributed by atoms with Gasteiger partial charge in [-0.1, -0.05) is 24.0 Å². The van der Waals surface area contributed by atoms with Gasteiger partial charge in [0.1, 0.15) is 6.61 Å². The number of hydrogen-bond donors (Lipinski definition) is 2. The predicted molar refractivity (Wildman–Crippen MR) is 80.3 cm³/mol. The molecule has 1 aromatic carbocycles. The molecule has 0 spiro atoms. The summed E-state index contributed by atoms with van der Waals surface area (Å²) in [5.41, 5.74) is 2.19. The van der Waals surface area contributed by atoms with Gasteiger partial charge in [0.05, 0.1) is 0 Å². The normalized spacial score (nSPS) is 24.9. The molecule has 0 radical (unpaired) electrons. The maximum Gasteiger partial charge on any atom is 0.220 e. The number of carbonyl (C=O) groups is 1. The fraction of sp³-hybridized carbons (Fsp3) is 0.471. The Kier molecular flexibility index (Phi) is 4.23. The third kappa shape index (κ3) is 3.44. The van der Waals surface area contributed by atoms with E-state index in [0.29, 0.717) is 18.3 Å². The number of carbonyl (C=O) groups excluding carboxylic acids is 1. The van der Waals surface area contributed by atoms with Crippen LogP contribution in [0, 0.1) is 23.7 Å². The molecule has 0 bridgehead atoms. The summed E-state index contributed by atoms with van der Waals surface area (Å²) in [6, 6.07) is 8.16. The number of likely N-dealkylation sites (tertiary alicyclic amines) is 1. The highest BCUT2D eigenvalue weighted by Crippen LogP contribution is 2.29. The molecule has 3 rings (SSSR count). The number of fused-ring (bicyclic) bond motifs is 1. The lowest BCUT2D eigenvalue weighted by molar-refractivity contribution is -0.124. The molecule has 4 nitrogen and oxygen atoms in total. The Morgan fingerprint density at radius 1 is 1.24 bits per heavy atom. The van der Waals surface area contributed by atoms with Crippen molar-refractivity contribution in [1.82, 2.24) is 10.2 Å². The van der Waals surface area contributed by atoms with Gasteiger partial charge >= 0.3 is 0 Å². The average Bonchev–Trinajstić information content (AvgIpc) is 2.88. The first-order chi connectivity index (χ1) is 10.2. The second-order valence-electron chi connectivity index (χ2n) is 5.88. The van der Waals surface area contributed by atoms with Gasteiger partial charge in [0, 0.05) is 38.2 Å². The van der Waals surface area contributed by atoms with Crippen LogP contribution in [-0.4, -0.2) is 42.2 Å². The van der Waals surface area contributed by atoms with Crippen LogP contribution >= 0.6 is 0 Å². The van der Waals surface area contributed by atoms with E-state index in [4.69, 9.17) is 5.11 Å². The second-order valence-corrected chi connectivity index (χ2v) is 5.88. The minimum absolute atomic E-state index is 0.106. The summed E-state index contributed by atoms with van der Waals surface area (Å²) in [7, 11) is 0. The number of amides is 1. The summed E-state index contributed by atoms with van der Waals surface area (Å²) in [4.78, 5) is 13.9. The van der Waals surface area contributed by atoms with Crippen molar-refractivity contribution < 1.29 is 9.90 Å². The molecular formula is C17H20N2O2. The highest BCUT2D eigenvalue weighted by Gasteiger charge is 2.36. The molecule has 110 valence electrons. The van der Waals surface area contributed by atoms with Crippen LogP contribution < -0.4 is 5.32 Å². The van der Waals surface area contributed by atoms with Gasteiger partial charge in [0.15, 0.2) is 0 Å². The van der Waals surface area contributed by atoms with Crippen molar-refractivity contribution in [3.05, 3.63) is 35.4 Å². The second kappa shape index (κ2) is 6.30. The number of benzene rings is 1. The number of nitrogens with one attached hydrogen (secondary N) is 1. The lowest BCUT2D eigenvalue weighted by Crippen LogP contribution is -2.39. The first-order valence-corrected chi connectivity index (χ1v) is 7.42. The first kappa shape index (κ1) is 14.1. The summed E-state index contributed by atoms with van der Waals surface area (Å²) >= 11 is 0. The zero-order valence-electron chi connectivity index (χ0n) is 12.0. The third-order valence-electron chi connectivity index (χ3n) is 4.33. The van der Waals surface area contributed by atoms with Crippen molar-refractivity contribution in [3.63, 3.8) is 0 Å². The lowest BCUT2D eigenvalue weighted by atomic mass is 9.89. The highest BCUT2D eigenvalue weighted by atomic mass is 16.2. The van der Waals surface area contributed by atoms with Gasteiger partial charge in [-0.25, -0.2) is 0 Å². The number of aliphatic hydroxyl groups excluding tert-OH is 1. The smallest absolute Gasteiger partial charge is 0.220 e. The topological polar surface area (TPSA) is 52.6 Å². The minimum atomic E-state index is -0.106. The molecule has 2 aliphatic heterocycles. The molecular weight excluding hydrogens is 264 g/mol. The van der Waals surface area contributed by atoms with Crippen LogP contribution in [0.25, 0.3) is 0 Å². The Labute approximate surface area is 125 Å². The molecule has 21 heavy (non-hydrogen) atoms. The van der Waals surface area contributed by atoms with Crippen LogP contribution in [0.2, 0.25) is 0 Å². The summed E-state index contributed by atoms with van der Waals surface area (Å²) < 4.78 is 0. The quantitative estimate of drug-likeness (QED) is 0.782. The monoisotopic (exact) mass is 284 g/mol. The third-order valence-corrected chi connectivity index (χ3v) is 4.33. The molecule has 0 aromatic heterocycles. The van der Waals surface area contributed by atoms with E-state index in [1.165, 1.54) is 5.56 Å². The maximum atomic E-state index is 11.4. The lowest BCUT2D eigenvalue weighted by Gasteiger charge is -2.23. The van der Waals surface area contributed by atoms with Gasteiger partial charge in [-0.3, -0.25) is 9.69 Å². The molecule has 2 aliphatic rings. The molecule has 2 fully saturated rings. The molecule has 0 saturated carbocycles. The van der Waals surface area contributed by atoms with E-state index in [1.807, 2.05) is 12.1 Å². The Balaban J connectivity index is 1.58. The summed E-state index contributed by atoms with van der Waals surface area (Å²) in [6.45, 7) is 3.73. The van der Waals surface area contributed by atoms with Crippen LogP contribution in [0.3, 0.4) is 0 Å². The molecule has 0 unspecified atom stereocenters. The molecule has 0 aliphatic carbocycles. The standard InChI is InChI=1S/C17H20N2O2/c20-7-1-2-13-3-5-14(6-4-13)10-19-11-15-8-17(21)18-9-16(15)12-19/h3-6,15-16,20H,7-12H2,(H,18,21)/t15-,16+/m1/s1. The molecule has 2 atom stereocenters. The zero-order chi connectivity index (χ0) is 14.7. The van der Waals surface area contributed by atoms with Crippen LogP contribution in [-0.2, 0) is 11.3 Å². The van der Waals surface area contributed by atoms with Gasteiger partial charge < -0.3 is 10.4 Å². The van der Waals surface area contributed by atoms with Crippen molar-refractivity contribution in [2.45, 2.75) is 13.0 Å². The van der Waals surface area contributed by atoms with E-state index in [9.17, 15) is 4.79 Å². The van der Waals surface area contributed by atoms with Crippen LogP contribution in [0.5, 0.6) is 0 Å². The molecule has 1 aromatic rings. The molecule has 1 amide bonds. The summed E-state index contributed by atoms with van der Waals surface area (Å²) in [5.74, 6) is 6.88. The first-order valence-electron chi connectivity index (χ1n) is 7.42. The van der Waals surface area contributed by atoms with E-state index in [1.54, 1.807) is 0 Å². The number of rotatable bonds is 2. The van der Waals surface area contributed by atoms with Gasteiger partial charge in [-0.2, -0.15) is 0 Å². The zero-order valence-corrected chi connectivity index (χ0v) is 12.0. The number of piperidine rings is 1. The predicted octanol–water partition coefficient (Wildman–Crippen LogP) is 0.598. The minimum Gasteiger partial charge on any atom is -0.384 e. The number of hydrogen-bond acceptors (Lipinski definition) is 3. The van der Waals surface area contributed by atoms with E-state index in [-0.39, 0.29) is 12.5 Å². The largest absolute Gasteiger partial charge is 0.384 e. The number of aliphatic hydroxyl groups is 1. The molecule has 4 heteroatoms. The Hall–Kier alpha value is -1.83.